The zero-order chi connectivity index (χ0) is 20.1. The van der Waals surface area contributed by atoms with E-state index in [9.17, 15) is 13.2 Å². The predicted molar refractivity (Wildman–Crippen MR) is 106 cm³/mol. The molecule has 28 heavy (non-hydrogen) atoms. The van der Waals surface area contributed by atoms with E-state index in [1.54, 1.807) is 7.05 Å². The Morgan fingerprint density at radius 1 is 1.04 bits per heavy atom. The molecule has 1 heterocycles. The van der Waals surface area contributed by atoms with Crippen molar-refractivity contribution >= 4 is 15.9 Å². The molecule has 0 atom stereocenters. The van der Waals surface area contributed by atoms with E-state index in [0.29, 0.717) is 17.9 Å². The minimum absolute atomic E-state index is 0.199. The third kappa shape index (κ3) is 5.02. The van der Waals surface area contributed by atoms with Crippen LogP contribution in [-0.4, -0.2) is 35.6 Å². The Hall–Kier alpha value is -3.04. The number of hydrogen-bond acceptors (Lipinski definition) is 5. The molecule has 8 nitrogen and oxygen atoms in total. The zero-order valence-electron chi connectivity index (χ0n) is 15.6. The van der Waals surface area contributed by atoms with Crippen LogP contribution in [0.3, 0.4) is 0 Å². The molecule has 0 fully saturated rings. The van der Waals surface area contributed by atoms with Crippen LogP contribution in [0, 0.1) is 0 Å². The summed E-state index contributed by atoms with van der Waals surface area (Å²) in [5.74, 6) is -0.286. The second-order valence-electron chi connectivity index (χ2n) is 6.37. The monoisotopic (exact) mass is 399 g/mol. The number of rotatable bonds is 7. The van der Waals surface area contributed by atoms with E-state index in [-0.39, 0.29) is 12.5 Å². The fraction of sp³-hybridized carbons (Fsp3) is 0.211. The number of aromatic nitrogens is 3. The molecular weight excluding hydrogens is 378 g/mol. The molecule has 2 N–H and O–H groups in total. The molecule has 3 aromatic rings. The maximum Gasteiger partial charge on any atom is 0.272 e. The first-order chi connectivity index (χ1) is 13.3. The van der Waals surface area contributed by atoms with Crippen molar-refractivity contribution < 1.29 is 13.2 Å². The molecule has 0 spiro atoms. The minimum atomic E-state index is -3.26. The molecule has 0 radical (unpaired) electrons. The van der Waals surface area contributed by atoms with E-state index < -0.39 is 10.0 Å². The van der Waals surface area contributed by atoms with Gasteiger partial charge in [0, 0.05) is 25.7 Å². The van der Waals surface area contributed by atoms with Crippen LogP contribution in [0.5, 0.6) is 0 Å². The van der Waals surface area contributed by atoms with Gasteiger partial charge < -0.3 is 5.32 Å². The maximum atomic E-state index is 12.7. The van der Waals surface area contributed by atoms with Crippen LogP contribution in [-0.2, 0) is 30.2 Å². The quantitative estimate of drug-likeness (QED) is 0.626. The minimum Gasteiger partial charge on any atom is -0.347 e. The number of nitrogens with zero attached hydrogens (tertiary/aromatic N) is 3. The molecule has 3 rings (SSSR count). The zero-order valence-corrected chi connectivity index (χ0v) is 16.4. The summed E-state index contributed by atoms with van der Waals surface area (Å²) in [5.41, 5.74) is 3.38. The molecule has 1 amide bonds. The second-order valence-corrected chi connectivity index (χ2v) is 8.21. The third-order valence-electron chi connectivity index (χ3n) is 4.07. The number of carbonyl (C=O) groups excluding carboxylic acids is 1. The highest BCUT2D eigenvalue weighted by atomic mass is 32.2. The highest BCUT2D eigenvalue weighted by molar-refractivity contribution is 7.88. The summed E-state index contributed by atoms with van der Waals surface area (Å²) in [6.45, 7) is 0.495. The molecule has 0 aliphatic rings. The summed E-state index contributed by atoms with van der Waals surface area (Å²) >= 11 is 0. The SMILES string of the molecule is Cn1nnc(-c2ccccc2)c1C(=O)NCc1cccc(CNS(C)(=O)=O)c1. The van der Waals surface area contributed by atoms with Crippen molar-refractivity contribution in [1.29, 1.82) is 0 Å². The number of amides is 1. The lowest BCUT2D eigenvalue weighted by atomic mass is 10.1. The first-order valence-electron chi connectivity index (χ1n) is 8.59. The van der Waals surface area contributed by atoms with E-state index >= 15 is 0 Å². The summed E-state index contributed by atoms with van der Waals surface area (Å²) in [4.78, 5) is 12.7. The average molecular weight is 399 g/mol. The Morgan fingerprint density at radius 3 is 2.39 bits per heavy atom. The number of sulfonamides is 1. The van der Waals surface area contributed by atoms with E-state index in [0.717, 1.165) is 22.9 Å². The molecule has 0 unspecified atom stereocenters. The largest absolute Gasteiger partial charge is 0.347 e. The number of aryl methyl sites for hydroxylation is 1. The molecule has 146 valence electrons. The van der Waals surface area contributed by atoms with Crippen molar-refractivity contribution in [3.8, 4) is 11.3 Å². The standard InChI is InChI=1S/C19H21N5O3S/c1-24-18(17(22-23-24)16-9-4-3-5-10-16)19(25)20-12-14-7-6-8-15(11-14)13-21-28(2,26)27/h3-11,21H,12-13H2,1-2H3,(H,20,25). The van der Waals surface area contributed by atoms with Gasteiger partial charge >= 0.3 is 0 Å². The van der Waals surface area contributed by atoms with Gasteiger partial charge in [0.25, 0.3) is 5.91 Å². The first-order valence-corrected chi connectivity index (χ1v) is 10.5. The Morgan fingerprint density at radius 2 is 1.71 bits per heavy atom. The summed E-state index contributed by atoms with van der Waals surface area (Å²) in [5, 5.41) is 11.0. The molecule has 0 saturated carbocycles. The molecule has 0 aliphatic heterocycles. The van der Waals surface area contributed by atoms with Crippen molar-refractivity contribution in [2.75, 3.05) is 6.26 Å². The number of hydrogen-bond donors (Lipinski definition) is 2. The smallest absolute Gasteiger partial charge is 0.272 e. The van der Waals surface area contributed by atoms with Crippen molar-refractivity contribution in [1.82, 2.24) is 25.0 Å². The summed E-state index contributed by atoms with van der Waals surface area (Å²) in [6, 6.07) is 16.7. The Kier molecular flexibility index (Phi) is 5.86. The van der Waals surface area contributed by atoms with Gasteiger partial charge in [-0.05, 0) is 11.1 Å². The normalized spacial score (nSPS) is 11.4. The van der Waals surface area contributed by atoms with E-state index in [1.165, 1.54) is 4.68 Å². The third-order valence-corrected chi connectivity index (χ3v) is 4.74. The molecule has 9 heteroatoms. The van der Waals surface area contributed by atoms with Gasteiger partial charge in [-0.1, -0.05) is 59.8 Å². The fourth-order valence-electron chi connectivity index (χ4n) is 2.73. The van der Waals surface area contributed by atoms with Crippen molar-refractivity contribution in [3.05, 3.63) is 71.4 Å². The highest BCUT2D eigenvalue weighted by Crippen LogP contribution is 2.20. The average Bonchev–Trinajstić information content (AvgIpc) is 3.06. The summed E-state index contributed by atoms with van der Waals surface area (Å²) in [6.07, 6.45) is 1.11. The number of nitrogens with one attached hydrogen (secondary N) is 2. The lowest BCUT2D eigenvalue weighted by Crippen LogP contribution is -2.26. The molecule has 0 aliphatic carbocycles. The van der Waals surface area contributed by atoms with Crippen LogP contribution in [0.15, 0.2) is 54.6 Å². The second kappa shape index (κ2) is 8.32. The molecule has 1 aromatic heterocycles. The van der Waals surface area contributed by atoms with Gasteiger partial charge in [-0.15, -0.1) is 5.10 Å². The Labute approximate surface area is 163 Å². The topological polar surface area (TPSA) is 106 Å². The van der Waals surface area contributed by atoms with Crippen LogP contribution < -0.4 is 10.0 Å². The van der Waals surface area contributed by atoms with Crippen LogP contribution in [0.2, 0.25) is 0 Å². The Bertz CT molecular complexity index is 1080. The number of benzene rings is 2. The van der Waals surface area contributed by atoms with Crippen molar-refractivity contribution in [2.24, 2.45) is 7.05 Å². The lowest BCUT2D eigenvalue weighted by molar-refractivity contribution is 0.0942. The van der Waals surface area contributed by atoms with Crippen molar-refractivity contribution in [3.63, 3.8) is 0 Å². The van der Waals surface area contributed by atoms with Crippen LogP contribution >= 0.6 is 0 Å². The van der Waals surface area contributed by atoms with E-state index in [1.807, 2.05) is 54.6 Å². The highest BCUT2D eigenvalue weighted by Gasteiger charge is 2.19. The van der Waals surface area contributed by atoms with Crippen molar-refractivity contribution in [2.45, 2.75) is 13.1 Å². The van der Waals surface area contributed by atoms with Gasteiger partial charge in [-0.2, -0.15) is 0 Å². The van der Waals surface area contributed by atoms with E-state index in [4.69, 9.17) is 0 Å². The fourth-order valence-corrected chi connectivity index (χ4v) is 3.16. The molecule has 0 saturated heterocycles. The first kappa shape index (κ1) is 19.7. The molecule has 0 bridgehead atoms. The number of carbonyl (C=O) groups is 1. The maximum absolute atomic E-state index is 12.7. The molecular formula is C19H21N5O3S. The Balaban J connectivity index is 1.71. The van der Waals surface area contributed by atoms with Crippen LogP contribution in [0.1, 0.15) is 21.6 Å². The van der Waals surface area contributed by atoms with Gasteiger partial charge in [0.2, 0.25) is 10.0 Å². The lowest BCUT2D eigenvalue weighted by Gasteiger charge is -2.09. The van der Waals surface area contributed by atoms with Gasteiger partial charge in [-0.25, -0.2) is 17.8 Å². The summed E-state index contributed by atoms with van der Waals surface area (Å²) < 4.78 is 26.4. The van der Waals surface area contributed by atoms with Gasteiger partial charge in [0.1, 0.15) is 5.69 Å². The molecule has 2 aromatic carbocycles. The van der Waals surface area contributed by atoms with Gasteiger partial charge in [-0.3, -0.25) is 4.79 Å². The van der Waals surface area contributed by atoms with Crippen LogP contribution in [0.25, 0.3) is 11.3 Å². The van der Waals surface area contributed by atoms with Crippen LogP contribution in [0.4, 0.5) is 0 Å². The van der Waals surface area contributed by atoms with Gasteiger partial charge in [0.15, 0.2) is 5.69 Å². The predicted octanol–water partition coefficient (Wildman–Crippen LogP) is 1.46. The van der Waals surface area contributed by atoms with Gasteiger partial charge in [0.05, 0.1) is 6.26 Å². The van der Waals surface area contributed by atoms with E-state index in [2.05, 4.69) is 20.4 Å². The summed E-state index contributed by atoms with van der Waals surface area (Å²) in [7, 11) is -1.59.